The van der Waals surface area contributed by atoms with Crippen molar-refractivity contribution in [2.24, 2.45) is 0 Å². The molecule has 4 atom stereocenters. The molecule has 0 rings (SSSR count). The Morgan fingerprint density at radius 2 is 0.667 bits per heavy atom. The van der Waals surface area contributed by atoms with Gasteiger partial charge in [-0.25, -0.2) is 0 Å². The molecule has 0 heterocycles. The average molecular weight is 889 g/mol. The van der Waals surface area contributed by atoms with E-state index in [2.05, 4.69) is 55.6 Å². The maximum atomic E-state index is 12.6. The van der Waals surface area contributed by atoms with Crippen LogP contribution in [0.4, 0.5) is 0 Å². The molecular weight excluding hydrogens is 779 g/mol. The molecular formula is C57H109NO5. The molecule has 0 fully saturated rings. The Labute approximate surface area is 392 Å². The average Bonchev–Trinajstić information content (AvgIpc) is 3.29. The Kier molecular flexibility index (Phi) is 50.3. The molecule has 372 valence electrons. The molecule has 0 saturated heterocycles. The number of aliphatic hydroxyl groups is 4. The third-order valence-corrected chi connectivity index (χ3v) is 13.1. The van der Waals surface area contributed by atoms with Gasteiger partial charge in [-0.05, 0) is 77.0 Å². The smallest absolute Gasteiger partial charge is 0.249 e. The topological polar surface area (TPSA) is 110 Å². The molecule has 0 bridgehead atoms. The number of hydrogen-bond donors (Lipinski definition) is 5. The summed E-state index contributed by atoms with van der Waals surface area (Å²) >= 11 is 0. The summed E-state index contributed by atoms with van der Waals surface area (Å²) in [5.41, 5.74) is 0. The fraction of sp³-hybridized carbons (Fsp3) is 0.877. The minimum absolute atomic E-state index is 0.357. The summed E-state index contributed by atoms with van der Waals surface area (Å²) in [5, 5.41) is 43.9. The van der Waals surface area contributed by atoms with Crippen LogP contribution in [0, 0.1) is 0 Å². The number of unbranched alkanes of at least 4 members (excludes halogenated alkanes) is 36. The van der Waals surface area contributed by atoms with Gasteiger partial charge in [0.05, 0.1) is 18.8 Å². The standard InChI is InChI=1S/C57H109NO5/c1-3-5-7-9-11-13-15-17-19-21-23-25-27-29-31-33-35-37-39-41-43-45-47-49-51-55(61)57(63)58-53(52-59)56(62)54(60)50-48-46-44-42-40-38-36-34-32-30-28-26-24-22-20-18-16-14-12-10-8-6-4-2/h29,31,34,36,42,44,53-56,59-62H,3-28,30,32-33,35,37-41,43,45-52H2,1-2H3,(H,58,63)/b31-29-,36-34+,44-42+. The Morgan fingerprint density at radius 3 is 1.00 bits per heavy atom. The second-order valence-electron chi connectivity index (χ2n) is 19.3. The Balaban J connectivity index is 3.70. The highest BCUT2D eigenvalue weighted by Crippen LogP contribution is 2.17. The Bertz CT molecular complexity index is 997. The molecule has 6 heteroatoms. The lowest BCUT2D eigenvalue weighted by Crippen LogP contribution is -2.53. The molecule has 0 aromatic carbocycles. The molecule has 0 spiro atoms. The first-order chi connectivity index (χ1) is 31.0. The minimum Gasteiger partial charge on any atom is -0.394 e. The largest absolute Gasteiger partial charge is 0.394 e. The molecule has 63 heavy (non-hydrogen) atoms. The molecule has 0 aromatic heterocycles. The van der Waals surface area contributed by atoms with Crippen LogP contribution in [0.5, 0.6) is 0 Å². The van der Waals surface area contributed by atoms with E-state index in [9.17, 15) is 25.2 Å². The van der Waals surface area contributed by atoms with E-state index in [1.807, 2.05) is 0 Å². The van der Waals surface area contributed by atoms with Crippen LogP contribution in [0.3, 0.4) is 0 Å². The lowest BCUT2D eigenvalue weighted by Gasteiger charge is -2.27. The lowest BCUT2D eigenvalue weighted by atomic mass is 10.00. The number of nitrogens with one attached hydrogen (secondary N) is 1. The summed E-state index contributed by atoms with van der Waals surface area (Å²) in [6.07, 6.45) is 63.5. The van der Waals surface area contributed by atoms with Gasteiger partial charge in [0.2, 0.25) is 5.91 Å². The fourth-order valence-electron chi connectivity index (χ4n) is 8.65. The van der Waals surface area contributed by atoms with E-state index in [1.54, 1.807) is 0 Å². The van der Waals surface area contributed by atoms with E-state index in [0.717, 1.165) is 38.5 Å². The third kappa shape index (κ3) is 45.5. The van der Waals surface area contributed by atoms with Gasteiger partial charge in [-0.1, -0.05) is 249 Å². The molecule has 0 radical (unpaired) electrons. The van der Waals surface area contributed by atoms with Crippen molar-refractivity contribution in [3.63, 3.8) is 0 Å². The first-order valence-electron chi connectivity index (χ1n) is 27.9. The number of hydrogen-bond acceptors (Lipinski definition) is 5. The number of rotatable bonds is 51. The van der Waals surface area contributed by atoms with E-state index in [1.165, 1.54) is 218 Å². The van der Waals surface area contributed by atoms with Crippen LogP contribution >= 0.6 is 0 Å². The number of carbonyl (C=O) groups is 1. The molecule has 4 unspecified atom stereocenters. The van der Waals surface area contributed by atoms with Gasteiger partial charge in [0.15, 0.2) is 0 Å². The molecule has 0 saturated carbocycles. The van der Waals surface area contributed by atoms with Crippen molar-refractivity contribution in [2.45, 2.75) is 314 Å². The van der Waals surface area contributed by atoms with E-state index < -0.39 is 36.9 Å². The zero-order chi connectivity index (χ0) is 45.9. The van der Waals surface area contributed by atoms with Gasteiger partial charge < -0.3 is 25.7 Å². The normalized spacial score (nSPS) is 14.1. The molecule has 1 amide bonds. The number of allylic oxidation sites excluding steroid dienone is 6. The maximum Gasteiger partial charge on any atom is 0.249 e. The summed E-state index contributed by atoms with van der Waals surface area (Å²) < 4.78 is 0. The third-order valence-electron chi connectivity index (χ3n) is 13.1. The quantitative estimate of drug-likeness (QED) is 0.0309. The van der Waals surface area contributed by atoms with Gasteiger partial charge in [0.1, 0.15) is 12.2 Å². The monoisotopic (exact) mass is 888 g/mol. The predicted octanol–water partition coefficient (Wildman–Crippen LogP) is 16.0. The van der Waals surface area contributed by atoms with Crippen LogP contribution in [0.2, 0.25) is 0 Å². The van der Waals surface area contributed by atoms with Gasteiger partial charge in [-0.3, -0.25) is 4.79 Å². The first-order valence-corrected chi connectivity index (χ1v) is 27.9. The van der Waals surface area contributed by atoms with Crippen molar-refractivity contribution in [3.8, 4) is 0 Å². The molecule has 0 aromatic rings. The number of amides is 1. The molecule has 0 aliphatic heterocycles. The van der Waals surface area contributed by atoms with Crippen LogP contribution in [0.25, 0.3) is 0 Å². The van der Waals surface area contributed by atoms with Crippen molar-refractivity contribution in [1.82, 2.24) is 5.32 Å². The van der Waals surface area contributed by atoms with Crippen molar-refractivity contribution < 1.29 is 25.2 Å². The van der Waals surface area contributed by atoms with Crippen LogP contribution < -0.4 is 5.32 Å². The zero-order valence-corrected chi connectivity index (χ0v) is 42.1. The number of carbonyl (C=O) groups excluding carboxylic acids is 1. The van der Waals surface area contributed by atoms with E-state index in [0.29, 0.717) is 19.3 Å². The fourth-order valence-corrected chi connectivity index (χ4v) is 8.65. The zero-order valence-electron chi connectivity index (χ0n) is 42.1. The summed E-state index contributed by atoms with van der Waals surface area (Å²) in [4.78, 5) is 12.6. The predicted molar refractivity (Wildman–Crippen MR) is 274 cm³/mol. The second kappa shape index (κ2) is 51.5. The van der Waals surface area contributed by atoms with Gasteiger partial charge in [0, 0.05) is 0 Å². The molecule has 5 N–H and O–H groups in total. The molecule has 0 aliphatic carbocycles. The first kappa shape index (κ1) is 61.5. The maximum absolute atomic E-state index is 12.6. The van der Waals surface area contributed by atoms with Gasteiger partial charge in [0.25, 0.3) is 0 Å². The molecule has 6 nitrogen and oxygen atoms in total. The van der Waals surface area contributed by atoms with Crippen LogP contribution in [0.15, 0.2) is 36.5 Å². The van der Waals surface area contributed by atoms with E-state index in [4.69, 9.17) is 0 Å². The minimum atomic E-state index is -1.29. The Hall–Kier alpha value is -1.47. The van der Waals surface area contributed by atoms with Crippen LogP contribution in [-0.2, 0) is 4.79 Å². The molecule has 0 aliphatic rings. The van der Waals surface area contributed by atoms with Gasteiger partial charge in [-0.15, -0.1) is 0 Å². The van der Waals surface area contributed by atoms with Crippen molar-refractivity contribution in [2.75, 3.05) is 6.61 Å². The van der Waals surface area contributed by atoms with Crippen molar-refractivity contribution in [3.05, 3.63) is 36.5 Å². The van der Waals surface area contributed by atoms with E-state index in [-0.39, 0.29) is 0 Å². The van der Waals surface area contributed by atoms with Gasteiger partial charge in [-0.2, -0.15) is 0 Å². The van der Waals surface area contributed by atoms with Crippen LogP contribution in [0.1, 0.15) is 290 Å². The summed E-state index contributed by atoms with van der Waals surface area (Å²) in [5.74, 6) is -0.597. The highest BCUT2D eigenvalue weighted by molar-refractivity contribution is 5.80. The van der Waals surface area contributed by atoms with Crippen molar-refractivity contribution in [1.29, 1.82) is 0 Å². The van der Waals surface area contributed by atoms with Crippen molar-refractivity contribution >= 4 is 5.91 Å². The highest BCUT2D eigenvalue weighted by atomic mass is 16.3. The van der Waals surface area contributed by atoms with Crippen LogP contribution in [-0.4, -0.2) is 57.3 Å². The van der Waals surface area contributed by atoms with Gasteiger partial charge >= 0.3 is 0 Å². The highest BCUT2D eigenvalue weighted by Gasteiger charge is 2.28. The SMILES string of the molecule is CCCCCCCCCCCCCC/C=C\CCCCCCCCCCC(O)C(=O)NC(CO)C(O)C(O)CCC/C=C/CC/C=C/CCCCCCCCCCCCCCCC. The summed E-state index contributed by atoms with van der Waals surface area (Å²) in [6.45, 7) is 4.07. The van der Waals surface area contributed by atoms with E-state index >= 15 is 0 Å². The summed E-state index contributed by atoms with van der Waals surface area (Å²) in [6, 6.07) is -1.01. The Morgan fingerprint density at radius 1 is 0.381 bits per heavy atom. The number of aliphatic hydroxyl groups excluding tert-OH is 4. The summed E-state index contributed by atoms with van der Waals surface area (Å²) in [7, 11) is 0. The second-order valence-corrected chi connectivity index (χ2v) is 19.3. The lowest BCUT2D eigenvalue weighted by molar-refractivity contribution is -0.132.